The maximum Gasteiger partial charge on any atom is 0.304 e. The lowest BCUT2D eigenvalue weighted by molar-refractivity contribution is -0.140. The smallest absolute Gasteiger partial charge is 0.304 e. The fraction of sp³-hybridized carbons (Fsp3) is 0.375. The van der Waals surface area contributed by atoms with E-state index in [1.165, 1.54) is 37.2 Å². The molecular formula is C32H39FN4O4S. The molecule has 1 aliphatic carbocycles. The van der Waals surface area contributed by atoms with Crippen LogP contribution in [-0.2, 0) is 32.8 Å². The molecule has 1 fully saturated rings. The van der Waals surface area contributed by atoms with Crippen molar-refractivity contribution < 1.29 is 22.4 Å². The highest BCUT2D eigenvalue weighted by Crippen LogP contribution is 2.25. The molecule has 1 aliphatic rings. The van der Waals surface area contributed by atoms with Gasteiger partial charge in [-0.3, -0.25) is 9.59 Å². The van der Waals surface area contributed by atoms with Gasteiger partial charge in [-0.1, -0.05) is 92.1 Å². The van der Waals surface area contributed by atoms with Gasteiger partial charge in [0, 0.05) is 33.1 Å². The fourth-order valence-electron chi connectivity index (χ4n) is 5.23. The molecule has 0 radical (unpaired) electrons. The van der Waals surface area contributed by atoms with Gasteiger partial charge in [-0.25, -0.2) is 8.70 Å². The summed E-state index contributed by atoms with van der Waals surface area (Å²) < 4.78 is 43.4. The van der Waals surface area contributed by atoms with E-state index in [2.05, 4.69) is 5.32 Å². The lowest BCUT2D eigenvalue weighted by atomic mass is 9.94. The van der Waals surface area contributed by atoms with Crippen LogP contribution in [0.3, 0.4) is 0 Å². The van der Waals surface area contributed by atoms with Crippen molar-refractivity contribution in [2.75, 3.05) is 24.9 Å². The summed E-state index contributed by atoms with van der Waals surface area (Å²) >= 11 is 0. The number of halogens is 1. The molecule has 4 rings (SSSR count). The minimum atomic E-state index is -4.26. The number of para-hydroxylation sites is 1. The molecule has 2 amide bonds. The van der Waals surface area contributed by atoms with Crippen molar-refractivity contribution in [2.45, 2.75) is 57.2 Å². The zero-order valence-corrected chi connectivity index (χ0v) is 25.0. The van der Waals surface area contributed by atoms with Crippen LogP contribution in [0.2, 0.25) is 0 Å². The highest BCUT2D eigenvalue weighted by atomic mass is 32.2. The first-order valence-corrected chi connectivity index (χ1v) is 15.7. The van der Waals surface area contributed by atoms with Gasteiger partial charge in [-0.15, -0.1) is 0 Å². The van der Waals surface area contributed by atoms with E-state index in [9.17, 15) is 22.4 Å². The number of nitrogens with one attached hydrogen (secondary N) is 1. The van der Waals surface area contributed by atoms with Gasteiger partial charge in [0.25, 0.3) is 0 Å². The predicted molar refractivity (Wildman–Crippen MR) is 162 cm³/mol. The second kappa shape index (κ2) is 14.4. The van der Waals surface area contributed by atoms with Crippen molar-refractivity contribution in [3.05, 3.63) is 102 Å². The Hall–Kier alpha value is -3.76. The molecule has 0 aliphatic heterocycles. The zero-order valence-electron chi connectivity index (χ0n) is 24.2. The van der Waals surface area contributed by atoms with Gasteiger partial charge in [0.2, 0.25) is 11.8 Å². The Balaban J connectivity index is 1.74. The Kier molecular flexibility index (Phi) is 10.7. The molecule has 8 nitrogen and oxygen atoms in total. The summed E-state index contributed by atoms with van der Waals surface area (Å²) in [5.74, 6) is -1.68. The highest BCUT2D eigenvalue weighted by molar-refractivity contribution is 7.90. The summed E-state index contributed by atoms with van der Waals surface area (Å²) in [7, 11) is -1.62. The largest absolute Gasteiger partial charge is 0.352 e. The van der Waals surface area contributed by atoms with Crippen LogP contribution in [0.4, 0.5) is 10.1 Å². The first-order chi connectivity index (χ1) is 20.2. The van der Waals surface area contributed by atoms with Gasteiger partial charge in [0.15, 0.2) is 0 Å². The summed E-state index contributed by atoms with van der Waals surface area (Å²) in [6.07, 6.45) is 5.17. The van der Waals surface area contributed by atoms with Crippen molar-refractivity contribution in [3.8, 4) is 0 Å². The Bertz CT molecular complexity index is 1430. The van der Waals surface area contributed by atoms with Crippen molar-refractivity contribution in [3.63, 3.8) is 0 Å². The van der Waals surface area contributed by atoms with Crippen molar-refractivity contribution in [1.29, 1.82) is 0 Å². The number of rotatable bonds is 12. The summed E-state index contributed by atoms with van der Waals surface area (Å²) in [4.78, 5) is 29.6. The lowest BCUT2D eigenvalue weighted by Crippen LogP contribution is -2.55. The summed E-state index contributed by atoms with van der Waals surface area (Å²) in [6, 6.07) is 23.2. The first-order valence-electron chi connectivity index (χ1n) is 14.3. The van der Waals surface area contributed by atoms with Crippen molar-refractivity contribution in [2.24, 2.45) is 0 Å². The normalized spacial score (nSPS) is 14.8. The molecule has 224 valence electrons. The molecule has 1 N–H and O–H groups in total. The molecule has 0 unspecified atom stereocenters. The van der Waals surface area contributed by atoms with Crippen LogP contribution in [0.15, 0.2) is 84.9 Å². The van der Waals surface area contributed by atoms with Crippen LogP contribution in [0.1, 0.15) is 43.2 Å². The molecule has 42 heavy (non-hydrogen) atoms. The average molecular weight is 595 g/mol. The second-order valence-corrected chi connectivity index (χ2v) is 12.9. The SMILES string of the molecule is CN(C)S(=O)(=O)N(CC(=O)N(Cc1ccccc1)[C@H](Cc1ccccc1)C(=O)NC1CCCCC1)c1ccccc1F. The minimum absolute atomic E-state index is 0.0160. The maximum absolute atomic E-state index is 15.0. The Morgan fingerprint density at radius 1 is 0.857 bits per heavy atom. The number of anilines is 1. The number of carbonyl (C=O) groups excluding carboxylic acids is 2. The number of nitrogens with zero attached hydrogens (tertiary/aromatic N) is 3. The van der Waals surface area contributed by atoms with E-state index in [-0.39, 0.29) is 30.6 Å². The van der Waals surface area contributed by atoms with Gasteiger partial charge >= 0.3 is 10.2 Å². The summed E-state index contributed by atoms with van der Waals surface area (Å²) in [5, 5.41) is 3.17. The molecule has 3 aromatic rings. The van der Waals surface area contributed by atoms with Crippen LogP contribution < -0.4 is 9.62 Å². The van der Waals surface area contributed by atoms with Crippen LogP contribution in [-0.4, -0.2) is 62.2 Å². The molecule has 0 aromatic heterocycles. The Labute approximate surface area is 248 Å². The molecule has 0 spiro atoms. The number of carbonyl (C=O) groups is 2. The molecule has 1 atom stereocenters. The quantitative estimate of drug-likeness (QED) is 0.334. The van der Waals surface area contributed by atoms with E-state index in [0.29, 0.717) is 0 Å². The molecule has 0 heterocycles. The van der Waals surface area contributed by atoms with Gasteiger partial charge in [-0.2, -0.15) is 12.7 Å². The third-order valence-corrected chi connectivity index (χ3v) is 9.36. The predicted octanol–water partition coefficient (Wildman–Crippen LogP) is 4.53. The first kappa shape index (κ1) is 31.2. The molecular weight excluding hydrogens is 555 g/mol. The second-order valence-electron chi connectivity index (χ2n) is 10.8. The topological polar surface area (TPSA) is 90.0 Å². The lowest BCUT2D eigenvalue weighted by Gasteiger charge is -2.35. The average Bonchev–Trinajstić information content (AvgIpc) is 2.99. The van der Waals surface area contributed by atoms with Crippen LogP contribution in [0, 0.1) is 5.82 Å². The van der Waals surface area contributed by atoms with Crippen molar-refractivity contribution in [1.82, 2.24) is 14.5 Å². The molecule has 10 heteroatoms. The summed E-state index contributed by atoms with van der Waals surface area (Å²) in [6.45, 7) is -0.612. The number of benzene rings is 3. The highest BCUT2D eigenvalue weighted by Gasteiger charge is 2.36. The third kappa shape index (κ3) is 7.95. The van der Waals surface area contributed by atoms with Crippen molar-refractivity contribution >= 4 is 27.7 Å². The molecule has 1 saturated carbocycles. The number of hydrogen-bond acceptors (Lipinski definition) is 4. The molecule has 0 saturated heterocycles. The van der Waals surface area contributed by atoms with Gasteiger partial charge in [0.05, 0.1) is 5.69 Å². The zero-order chi connectivity index (χ0) is 30.1. The standard InChI is InChI=1S/C32H39FN4O4S/c1-35(2)42(40,41)37(29-21-13-12-20-28(29)33)24-31(38)36(23-26-16-8-4-9-17-26)30(22-25-14-6-3-7-15-25)32(39)34-27-18-10-5-11-19-27/h3-4,6-9,12-17,20-21,27,30H,5,10-11,18-19,22-24H2,1-2H3,(H,34,39)/t30-/m1/s1. The Morgan fingerprint density at radius 2 is 1.43 bits per heavy atom. The monoisotopic (exact) mass is 594 g/mol. The van der Waals surface area contributed by atoms with Gasteiger partial charge in [-0.05, 0) is 36.1 Å². The fourth-order valence-corrected chi connectivity index (χ4v) is 6.30. The van der Waals surface area contributed by atoms with Gasteiger partial charge in [0.1, 0.15) is 18.4 Å². The third-order valence-electron chi connectivity index (χ3n) is 7.56. The van der Waals surface area contributed by atoms with E-state index in [0.717, 1.165) is 57.9 Å². The molecule has 0 bridgehead atoms. The van der Waals surface area contributed by atoms with Gasteiger partial charge < -0.3 is 10.2 Å². The van der Waals surface area contributed by atoms with E-state index >= 15 is 0 Å². The number of amides is 2. The van der Waals surface area contributed by atoms with Crippen LogP contribution in [0.5, 0.6) is 0 Å². The van der Waals surface area contributed by atoms with E-state index in [1.807, 2.05) is 60.7 Å². The van der Waals surface area contributed by atoms with E-state index in [4.69, 9.17) is 0 Å². The minimum Gasteiger partial charge on any atom is -0.352 e. The van der Waals surface area contributed by atoms with E-state index < -0.39 is 34.5 Å². The van der Waals surface area contributed by atoms with E-state index in [1.54, 1.807) is 0 Å². The van der Waals surface area contributed by atoms with Crippen LogP contribution in [0.25, 0.3) is 0 Å². The maximum atomic E-state index is 15.0. The summed E-state index contributed by atoms with van der Waals surface area (Å²) in [5.41, 5.74) is 1.40. The van der Waals surface area contributed by atoms with Crippen LogP contribution >= 0.6 is 0 Å². The molecule has 3 aromatic carbocycles. The number of hydrogen-bond donors (Lipinski definition) is 1. The Morgan fingerprint density at radius 3 is 2.02 bits per heavy atom.